The number of thioether (sulfide) groups is 1. The Balaban J connectivity index is 1.16. The van der Waals surface area contributed by atoms with E-state index in [9.17, 15) is 14.0 Å². The first-order valence-electron chi connectivity index (χ1n) is 11.7. The van der Waals surface area contributed by atoms with E-state index in [4.69, 9.17) is 4.74 Å². The second kappa shape index (κ2) is 10.2. The molecule has 5 rings (SSSR count). The van der Waals surface area contributed by atoms with Gasteiger partial charge in [0.05, 0.1) is 24.2 Å². The summed E-state index contributed by atoms with van der Waals surface area (Å²) in [7, 11) is 1.48. The average Bonchev–Trinajstić information content (AvgIpc) is 2.87. The summed E-state index contributed by atoms with van der Waals surface area (Å²) in [5.74, 6) is 0.245. The van der Waals surface area contributed by atoms with Crippen molar-refractivity contribution in [3.8, 4) is 5.75 Å². The van der Waals surface area contributed by atoms with E-state index in [1.165, 1.54) is 19.4 Å². The van der Waals surface area contributed by atoms with Crippen molar-refractivity contribution in [3.63, 3.8) is 0 Å². The third-order valence-corrected chi connectivity index (χ3v) is 7.71. The second-order valence-electron chi connectivity index (χ2n) is 8.95. The molecule has 182 valence electrons. The third kappa shape index (κ3) is 5.26. The molecule has 0 bridgehead atoms. The van der Waals surface area contributed by atoms with E-state index in [0.717, 1.165) is 41.8 Å². The number of rotatable bonds is 6. The summed E-state index contributed by atoms with van der Waals surface area (Å²) in [5.41, 5.74) is 2.75. The van der Waals surface area contributed by atoms with E-state index in [1.54, 1.807) is 23.9 Å². The highest BCUT2D eigenvalue weighted by Gasteiger charge is 2.27. The lowest BCUT2D eigenvalue weighted by molar-refractivity contribution is -0.121. The Morgan fingerprint density at radius 3 is 2.83 bits per heavy atom. The number of methoxy groups -OCH3 is 1. The predicted octanol–water partition coefficient (Wildman–Crippen LogP) is 4.71. The number of benzene rings is 2. The Morgan fingerprint density at radius 2 is 2.03 bits per heavy atom. The molecular weight excluding hydrogens is 467 g/mol. The normalized spacial score (nSPS) is 19.7. The highest BCUT2D eigenvalue weighted by molar-refractivity contribution is 8.00. The maximum atomic E-state index is 14.4. The van der Waals surface area contributed by atoms with Crippen LogP contribution in [0.3, 0.4) is 0 Å². The van der Waals surface area contributed by atoms with Crippen molar-refractivity contribution in [3.05, 3.63) is 54.0 Å². The number of ether oxygens (including phenoxy) is 1. The molecule has 7 nitrogen and oxygen atoms in total. The van der Waals surface area contributed by atoms with Gasteiger partial charge in [-0.1, -0.05) is 6.07 Å². The third-order valence-electron chi connectivity index (χ3n) is 6.64. The van der Waals surface area contributed by atoms with Crippen LogP contribution in [0.1, 0.15) is 31.2 Å². The molecule has 0 atom stereocenters. The fourth-order valence-electron chi connectivity index (χ4n) is 4.71. The molecule has 2 amide bonds. The van der Waals surface area contributed by atoms with Crippen molar-refractivity contribution < 1.29 is 18.7 Å². The van der Waals surface area contributed by atoms with Crippen LogP contribution >= 0.6 is 11.8 Å². The zero-order chi connectivity index (χ0) is 24.4. The number of aromatic nitrogens is 1. The predicted molar refractivity (Wildman–Crippen MR) is 135 cm³/mol. The number of carbonyl (C=O) groups is 2. The number of hydrogen-bond acceptors (Lipinski definition) is 6. The Hall–Kier alpha value is -3.17. The number of carbonyl (C=O) groups excluding carboxylic acids is 2. The average molecular weight is 495 g/mol. The lowest BCUT2D eigenvalue weighted by Gasteiger charge is -2.29. The fraction of sp³-hybridized carbons (Fsp3) is 0.346. The summed E-state index contributed by atoms with van der Waals surface area (Å²) in [6.07, 6.45) is 4.85. The highest BCUT2D eigenvalue weighted by Crippen LogP contribution is 2.33. The molecule has 2 aliphatic rings. The summed E-state index contributed by atoms with van der Waals surface area (Å²) in [5, 5.41) is 10.0. The first kappa shape index (κ1) is 23.6. The summed E-state index contributed by atoms with van der Waals surface area (Å²) in [4.78, 5) is 29.8. The van der Waals surface area contributed by atoms with Crippen LogP contribution in [0.5, 0.6) is 5.75 Å². The van der Waals surface area contributed by atoms with Gasteiger partial charge in [-0.25, -0.2) is 4.39 Å². The van der Waals surface area contributed by atoms with Crippen molar-refractivity contribution in [1.82, 2.24) is 10.3 Å². The van der Waals surface area contributed by atoms with Gasteiger partial charge in [0.15, 0.2) is 5.82 Å². The minimum atomic E-state index is -0.484. The molecule has 2 heterocycles. The summed E-state index contributed by atoms with van der Waals surface area (Å²) >= 11 is 1.56. The van der Waals surface area contributed by atoms with Gasteiger partial charge in [-0.2, -0.15) is 0 Å². The van der Waals surface area contributed by atoms with E-state index in [-0.39, 0.29) is 23.2 Å². The number of nitrogens with zero attached hydrogens (tertiary/aromatic N) is 1. The lowest BCUT2D eigenvalue weighted by atomic mass is 9.85. The van der Waals surface area contributed by atoms with Gasteiger partial charge >= 0.3 is 0 Å². The maximum Gasteiger partial charge on any atom is 0.234 e. The number of hydrogen-bond donors (Lipinski definition) is 3. The number of nitrogens with one attached hydrogen (secondary N) is 3. The smallest absolute Gasteiger partial charge is 0.234 e. The summed E-state index contributed by atoms with van der Waals surface area (Å²) in [6, 6.07) is 11.2. The van der Waals surface area contributed by atoms with Crippen LogP contribution < -0.4 is 20.7 Å². The Morgan fingerprint density at radius 1 is 1.20 bits per heavy atom. The van der Waals surface area contributed by atoms with Crippen LogP contribution in [0.25, 0.3) is 10.9 Å². The molecule has 1 aliphatic carbocycles. The van der Waals surface area contributed by atoms with Gasteiger partial charge in [-0.3, -0.25) is 14.6 Å². The molecule has 0 spiro atoms. The van der Waals surface area contributed by atoms with Gasteiger partial charge in [0.25, 0.3) is 0 Å². The van der Waals surface area contributed by atoms with Gasteiger partial charge < -0.3 is 20.7 Å². The van der Waals surface area contributed by atoms with E-state index in [0.29, 0.717) is 35.2 Å². The molecule has 1 aromatic heterocycles. The molecule has 3 N–H and O–H groups in total. The molecule has 1 saturated carbocycles. The van der Waals surface area contributed by atoms with Crippen molar-refractivity contribution in [2.45, 2.75) is 43.2 Å². The van der Waals surface area contributed by atoms with E-state index in [1.807, 2.05) is 6.07 Å². The van der Waals surface area contributed by atoms with Crippen molar-refractivity contribution in [1.29, 1.82) is 0 Å². The quantitative estimate of drug-likeness (QED) is 0.460. The Bertz CT molecular complexity index is 1280. The van der Waals surface area contributed by atoms with E-state index >= 15 is 0 Å². The molecule has 9 heteroatoms. The molecule has 0 unspecified atom stereocenters. The molecule has 0 saturated heterocycles. The highest BCUT2D eigenvalue weighted by atomic mass is 32.2. The van der Waals surface area contributed by atoms with Gasteiger partial charge in [0.1, 0.15) is 11.3 Å². The molecule has 1 fully saturated rings. The van der Waals surface area contributed by atoms with E-state index < -0.39 is 5.82 Å². The first-order chi connectivity index (χ1) is 17.0. The van der Waals surface area contributed by atoms with Crippen molar-refractivity contribution in [2.75, 3.05) is 23.5 Å². The van der Waals surface area contributed by atoms with Gasteiger partial charge in [-0.15, -0.1) is 11.8 Å². The van der Waals surface area contributed by atoms with Crippen molar-refractivity contribution >= 4 is 45.9 Å². The SMILES string of the molecule is COc1cc(F)c2nccc(NC(=O)[C@H]3CC[C@H](NCc4ccc5c(c4)NC(=O)CS5)CC3)c2c1. The van der Waals surface area contributed by atoms with Crippen molar-refractivity contribution in [2.24, 2.45) is 5.92 Å². The number of pyridine rings is 1. The lowest BCUT2D eigenvalue weighted by Crippen LogP contribution is -2.36. The van der Waals surface area contributed by atoms with Gasteiger partial charge in [0.2, 0.25) is 11.8 Å². The summed E-state index contributed by atoms with van der Waals surface area (Å²) < 4.78 is 19.5. The van der Waals surface area contributed by atoms with Crippen LogP contribution in [0.2, 0.25) is 0 Å². The minimum absolute atomic E-state index is 0.0354. The number of anilines is 2. The van der Waals surface area contributed by atoms with Crippen LogP contribution in [0, 0.1) is 11.7 Å². The molecule has 2 aromatic carbocycles. The molecule has 35 heavy (non-hydrogen) atoms. The molecule has 0 radical (unpaired) electrons. The zero-order valence-corrected chi connectivity index (χ0v) is 20.2. The maximum absolute atomic E-state index is 14.4. The van der Waals surface area contributed by atoms with Gasteiger partial charge in [-0.05, 0) is 55.5 Å². The number of fused-ring (bicyclic) bond motifs is 2. The Kier molecular flexibility index (Phi) is 6.88. The minimum Gasteiger partial charge on any atom is -0.497 e. The van der Waals surface area contributed by atoms with E-state index in [2.05, 4.69) is 33.1 Å². The fourth-order valence-corrected chi connectivity index (χ4v) is 5.50. The van der Waals surface area contributed by atoms with Crippen LogP contribution in [0.15, 0.2) is 47.5 Å². The second-order valence-corrected chi connectivity index (χ2v) is 9.97. The topological polar surface area (TPSA) is 92.3 Å². The summed E-state index contributed by atoms with van der Waals surface area (Å²) in [6.45, 7) is 0.714. The number of halogens is 1. The molecular formula is C26H27FN4O3S. The van der Waals surface area contributed by atoms with Gasteiger partial charge in [0, 0.05) is 41.0 Å². The first-order valence-corrected chi connectivity index (χ1v) is 12.7. The standard InChI is InChI=1S/C26H27FN4O3S/c1-34-18-11-19-21(8-9-28-25(19)20(27)12-18)31-26(33)16-3-5-17(6-4-16)29-13-15-2-7-23-22(10-15)30-24(32)14-35-23/h2,7-12,16-17,29H,3-6,13-14H2,1H3,(H,30,32)(H,28,31,33)/t16-,17-. The molecule has 3 aromatic rings. The Labute approximate surface area is 207 Å². The largest absolute Gasteiger partial charge is 0.497 e. The van der Waals surface area contributed by atoms with Crippen LogP contribution in [-0.2, 0) is 16.1 Å². The van der Waals surface area contributed by atoms with Crippen LogP contribution in [0.4, 0.5) is 15.8 Å². The molecule has 1 aliphatic heterocycles. The van der Waals surface area contributed by atoms with Crippen LogP contribution in [-0.4, -0.2) is 35.7 Å². The zero-order valence-electron chi connectivity index (χ0n) is 19.4. The number of amides is 2. The monoisotopic (exact) mass is 494 g/mol.